The molecule has 0 amide bonds. The fourth-order valence-corrected chi connectivity index (χ4v) is 1.40. The summed E-state index contributed by atoms with van der Waals surface area (Å²) in [5.74, 6) is -0.307. The zero-order valence-electron chi connectivity index (χ0n) is 10.00. The van der Waals surface area contributed by atoms with Crippen LogP contribution in [0.2, 0.25) is 0 Å². The molecule has 1 aromatic carbocycles. The third-order valence-electron chi connectivity index (χ3n) is 2.86. The second-order valence-corrected chi connectivity index (χ2v) is 4.55. The molecule has 3 N–H and O–H groups in total. The van der Waals surface area contributed by atoms with E-state index in [-0.39, 0.29) is 12.4 Å². The van der Waals surface area contributed by atoms with Crippen molar-refractivity contribution in [2.24, 2.45) is 5.73 Å². The first-order valence-corrected chi connectivity index (χ1v) is 5.25. The number of hydrogen-bond donors (Lipinski definition) is 2. The van der Waals surface area contributed by atoms with E-state index in [0.29, 0.717) is 6.54 Å². The first-order chi connectivity index (χ1) is 7.40. The molecule has 1 aromatic rings. The van der Waals surface area contributed by atoms with E-state index in [1.807, 2.05) is 31.9 Å². The average Bonchev–Trinajstić information content (AvgIpc) is 2.27. The highest BCUT2D eigenvalue weighted by molar-refractivity contribution is 5.50. The van der Waals surface area contributed by atoms with Gasteiger partial charge >= 0.3 is 0 Å². The number of rotatable bonds is 4. The van der Waals surface area contributed by atoms with Crippen molar-refractivity contribution in [1.82, 2.24) is 0 Å². The summed E-state index contributed by atoms with van der Waals surface area (Å²) in [6.07, 6.45) is 0. The lowest BCUT2D eigenvalue weighted by Gasteiger charge is -2.36. The second kappa shape index (κ2) is 4.80. The van der Waals surface area contributed by atoms with Crippen molar-refractivity contribution < 1.29 is 9.50 Å². The topological polar surface area (TPSA) is 49.5 Å². The number of nitrogens with two attached hydrogens (primary N) is 1. The van der Waals surface area contributed by atoms with Gasteiger partial charge in [0.25, 0.3) is 0 Å². The summed E-state index contributed by atoms with van der Waals surface area (Å²) in [7, 11) is 1.82. The zero-order valence-corrected chi connectivity index (χ0v) is 10.00. The van der Waals surface area contributed by atoms with Crippen LogP contribution in [0.25, 0.3) is 0 Å². The van der Waals surface area contributed by atoms with Gasteiger partial charge in [0.1, 0.15) is 5.82 Å². The van der Waals surface area contributed by atoms with E-state index in [4.69, 9.17) is 5.73 Å². The number of benzene rings is 1. The molecule has 0 bridgehead atoms. The molecule has 90 valence electrons. The third kappa shape index (κ3) is 2.71. The number of aliphatic hydroxyl groups excluding tert-OH is 1. The summed E-state index contributed by atoms with van der Waals surface area (Å²) >= 11 is 0. The molecule has 0 radical (unpaired) electrons. The van der Waals surface area contributed by atoms with Crippen LogP contribution in [0.3, 0.4) is 0 Å². The molecule has 0 aliphatic rings. The molecule has 0 saturated carbocycles. The normalized spacial score (nSPS) is 11.6. The number of halogens is 1. The lowest BCUT2D eigenvalue weighted by molar-refractivity contribution is 0.216. The Morgan fingerprint density at radius 1 is 1.38 bits per heavy atom. The van der Waals surface area contributed by atoms with E-state index in [1.165, 1.54) is 12.1 Å². The Labute approximate surface area is 95.7 Å². The van der Waals surface area contributed by atoms with Crippen molar-refractivity contribution in [3.8, 4) is 0 Å². The highest BCUT2D eigenvalue weighted by Gasteiger charge is 2.23. The number of nitrogens with zero attached hydrogens (tertiary/aromatic N) is 1. The van der Waals surface area contributed by atoms with Crippen LogP contribution in [-0.4, -0.2) is 24.3 Å². The van der Waals surface area contributed by atoms with Crippen molar-refractivity contribution >= 4 is 5.69 Å². The SMILES string of the molecule is CN(c1cc(F)cc(CN)c1)C(C)(C)CO. The standard InChI is InChI=1S/C12H19FN2O/c1-12(2,8-16)15(3)11-5-9(7-14)4-10(13)6-11/h4-6,16H,7-8,14H2,1-3H3. The molecule has 4 heteroatoms. The van der Waals surface area contributed by atoms with Crippen LogP contribution < -0.4 is 10.6 Å². The lowest BCUT2D eigenvalue weighted by atomic mass is 10.0. The lowest BCUT2D eigenvalue weighted by Crippen LogP contribution is -2.44. The van der Waals surface area contributed by atoms with Crippen molar-refractivity contribution in [3.05, 3.63) is 29.6 Å². The maximum atomic E-state index is 13.3. The van der Waals surface area contributed by atoms with Gasteiger partial charge < -0.3 is 15.7 Å². The van der Waals surface area contributed by atoms with Gasteiger partial charge in [0, 0.05) is 19.3 Å². The highest BCUT2D eigenvalue weighted by Crippen LogP contribution is 2.24. The maximum absolute atomic E-state index is 13.3. The number of hydrogen-bond acceptors (Lipinski definition) is 3. The molecule has 0 aromatic heterocycles. The minimum atomic E-state index is -0.431. The summed E-state index contributed by atoms with van der Waals surface area (Å²) in [5.41, 5.74) is 6.53. The monoisotopic (exact) mass is 226 g/mol. The molecular weight excluding hydrogens is 207 g/mol. The molecule has 16 heavy (non-hydrogen) atoms. The Hall–Kier alpha value is -1.13. The average molecular weight is 226 g/mol. The van der Waals surface area contributed by atoms with Gasteiger partial charge in [-0.3, -0.25) is 0 Å². The summed E-state index contributed by atoms with van der Waals surface area (Å²) in [5, 5.41) is 9.26. The predicted octanol–water partition coefficient (Wildman–Crippen LogP) is 1.49. The van der Waals surface area contributed by atoms with E-state index in [0.717, 1.165) is 11.3 Å². The minimum Gasteiger partial charge on any atom is -0.394 e. The summed E-state index contributed by atoms with van der Waals surface area (Å²) in [6, 6.07) is 4.69. The van der Waals surface area contributed by atoms with Crippen LogP contribution in [0.15, 0.2) is 18.2 Å². The van der Waals surface area contributed by atoms with Crippen molar-refractivity contribution in [2.45, 2.75) is 25.9 Å². The molecule has 0 saturated heterocycles. The van der Waals surface area contributed by atoms with E-state index in [1.54, 1.807) is 0 Å². The molecule has 0 aliphatic heterocycles. The Bertz CT molecular complexity index is 366. The smallest absolute Gasteiger partial charge is 0.125 e. The number of anilines is 1. The van der Waals surface area contributed by atoms with E-state index in [2.05, 4.69) is 0 Å². The van der Waals surface area contributed by atoms with Crippen LogP contribution in [0.1, 0.15) is 19.4 Å². The predicted molar refractivity (Wildman–Crippen MR) is 63.9 cm³/mol. The Morgan fingerprint density at radius 3 is 2.50 bits per heavy atom. The Balaban J connectivity index is 3.08. The van der Waals surface area contributed by atoms with Gasteiger partial charge in [-0.15, -0.1) is 0 Å². The Kier molecular flexibility index (Phi) is 3.88. The quantitative estimate of drug-likeness (QED) is 0.817. The van der Waals surface area contributed by atoms with Gasteiger partial charge in [-0.25, -0.2) is 4.39 Å². The molecule has 0 heterocycles. The van der Waals surface area contributed by atoms with Gasteiger partial charge in [0.05, 0.1) is 12.1 Å². The first kappa shape index (κ1) is 12.9. The van der Waals surface area contributed by atoms with E-state index in [9.17, 15) is 9.50 Å². The molecule has 0 spiro atoms. The molecule has 1 rings (SSSR count). The van der Waals surface area contributed by atoms with Gasteiger partial charge in [0.15, 0.2) is 0 Å². The molecule has 0 aliphatic carbocycles. The molecule has 0 fully saturated rings. The van der Waals surface area contributed by atoms with Crippen molar-refractivity contribution in [2.75, 3.05) is 18.6 Å². The molecule has 3 nitrogen and oxygen atoms in total. The van der Waals surface area contributed by atoms with E-state index >= 15 is 0 Å². The first-order valence-electron chi connectivity index (χ1n) is 5.25. The summed E-state index contributed by atoms with van der Waals surface area (Å²) in [4.78, 5) is 1.84. The van der Waals surface area contributed by atoms with Gasteiger partial charge in [-0.05, 0) is 37.6 Å². The van der Waals surface area contributed by atoms with Gasteiger partial charge in [-0.1, -0.05) is 0 Å². The second-order valence-electron chi connectivity index (χ2n) is 4.55. The highest BCUT2D eigenvalue weighted by atomic mass is 19.1. The van der Waals surface area contributed by atoms with Gasteiger partial charge in [0.2, 0.25) is 0 Å². The Morgan fingerprint density at radius 2 is 2.00 bits per heavy atom. The van der Waals surface area contributed by atoms with E-state index < -0.39 is 5.54 Å². The number of aliphatic hydroxyl groups is 1. The van der Waals surface area contributed by atoms with Gasteiger partial charge in [-0.2, -0.15) is 0 Å². The largest absolute Gasteiger partial charge is 0.394 e. The maximum Gasteiger partial charge on any atom is 0.125 e. The van der Waals surface area contributed by atoms with Crippen LogP contribution >= 0.6 is 0 Å². The zero-order chi connectivity index (χ0) is 12.3. The van der Waals surface area contributed by atoms with Crippen molar-refractivity contribution in [3.63, 3.8) is 0 Å². The fourth-order valence-electron chi connectivity index (χ4n) is 1.40. The summed E-state index contributed by atoms with van der Waals surface area (Å²) in [6.45, 7) is 4.08. The van der Waals surface area contributed by atoms with Crippen LogP contribution in [0.4, 0.5) is 10.1 Å². The summed E-state index contributed by atoms with van der Waals surface area (Å²) < 4.78 is 13.3. The number of likely N-dealkylation sites (N-methyl/N-ethyl adjacent to an activating group) is 1. The fraction of sp³-hybridized carbons (Fsp3) is 0.500. The third-order valence-corrected chi connectivity index (χ3v) is 2.86. The van der Waals surface area contributed by atoms with Crippen molar-refractivity contribution in [1.29, 1.82) is 0 Å². The van der Waals surface area contributed by atoms with Crippen LogP contribution in [0, 0.1) is 5.82 Å². The molecule has 0 atom stereocenters. The molecule has 0 unspecified atom stereocenters. The van der Waals surface area contributed by atoms with Crippen LogP contribution in [0.5, 0.6) is 0 Å². The van der Waals surface area contributed by atoms with Crippen LogP contribution in [-0.2, 0) is 6.54 Å². The minimum absolute atomic E-state index is 0.00201. The molecular formula is C12H19FN2O.